The van der Waals surface area contributed by atoms with Crippen molar-refractivity contribution in [3.63, 3.8) is 0 Å². The van der Waals surface area contributed by atoms with Crippen LogP contribution in [0, 0.1) is 5.92 Å². The van der Waals surface area contributed by atoms with E-state index < -0.39 is 17.6 Å². The molecule has 2 rings (SSSR count). The van der Waals surface area contributed by atoms with Crippen molar-refractivity contribution in [3.05, 3.63) is 23.4 Å². The van der Waals surface area contributed by atoms with Gasteiger partial charge in [-0.3, -0.25) is 15.0 Å². The van der Waals surface area contributed by atoms with Crippen LogP contribution in [-0.4, -0.2) is 63.5 Å². The van der Waals surface area contributed by atoms with E-state index in [0.29, 0.717) is 17.9 Å². The Morgan fingerprint density at radius 2 is 1.91 bits per heavy atom. The lowest BCUT2D eigenvalue weighted by Crippen LogP contribution is -2.56. The first-order chi connectivity index (χ1) is 14.9. The number of thiocarbonyl (C=S) groups is 1. The van der Waals surface area contributed by atoms with Gasteiger partial charge in [0.05, 0.1) is 11.1 Å². The van der Waals surface area contributed by atoms with E-state index in [1.54, 1.807) is 45.8 Å². The average Bonchev–Trinajstić information content (AvgIpc) is 2.71. The SMILES string of the molecule is CN(C)C(=O)[C@H]1CCCC(N(NC(=S)C(=O)Nc2ccc(Cl)cn2)C(=O)OC(C)(C)C)C1. The zero-order chi connectivity index (χ0) is 24.1. The van der Waals surface area contributed by atoms with Crippen LogP contribution in [-0.2, 0) is 14.3 Å². The van der Waals surface area contributed by atoms with Gasteiger partial charge in [0.1, 0.15) is 11.4 Å². The second kappa shape index (κ2) is 10.9. The van der Waals surface area contributed by atoms with E-state index in [1.807, 2.05) is 0 Å². The van der Waals surface area contributed by atoms with Crippen LogP contribution in [0.25, 0.3) is 0 Å². The molecule has 1 fully saturated rings. The number of carbonyl (C=O) groups excluding carboxylic acids is 3. The van der Waals surface area contributed by atoms with Gasteiger partial charge in [0.15, 0.2) is 4.99 Å². The third-order valence-corrected chi connectivity index (χ3v) is 5.29. The fourth-order valence-electron chi connectivity index (χ4n) is 3.37. The predicted molar refractivity (Wildman–Crippen MR) is 126 cm³/mol. The number of nitrogens with one attached hydrogen (secondary N) is 2. The molecule has 176 valence electrons. The summed E-state index contributed by atoms with van der Waals surface area (Å²) in [5.41, 5.74) is 1.98. The Balaban J connectivity index is 2.16. The molecular weight excluding hydrogens is 454 g/mol. The van der Waals surface area contributed by atoms with Crippen LogP contribution in [0.4, 0.5) is 10.6 Å². The lowest BCUT2D eigenvalue weighted by Gasteiger charge is -2.38. The van der Waals surface area contributed by atoms with Crippen molar-refractivity contribution in [2.75, 3.05) is 19.4 Å². The minimum Gasteiger partial charge on any atom is -0.442 e. The molecule has 1 aromatic heterocycles. The molecule has 2 atom stereocenters. The van der Waals surface area contributed by atoms with Crippen LogP contribution in [0.5, 0.6) is 0 Å². The minimum atomic E-state index is -0.748. The van der Waals surface area contributed by atoms with Gasteiger partial charge in [0.2, 0.25) is 5.91 Å². The van der Waals surface area contributed by atoms with Crippen molar-refractivity contribution >= 4 is 52.5 Å². The van der Waals surface area contributed by atoms with Crippen LogP contribution >= 0.6 is 23.8 Å². The molecule has 1 aliphatic rings. The first kappa shape index (κ1) is 25.8. The van der Waals surface area contributed by atoms with Crippen molar-refractivity contribution in [1.29, 1.82) is 0 Å². The normalized spacial score (nSPS) is 18.3. The highest BCUT2D eigenvalue weighted by Crippen LogP contribution is 2.29. The van der Waals surface area contributed by atoms with E-state index >= 15 is 0 Å². The smallest absolute Gasteiger partial charge is 0.429 e. The first-order valence-electron chi connectivity index (χ1n) is 10.3. The van der Waals surface area contributed by atoms with Crippen molar-refractivity contribution in [1.82, 2.24) is 20.3 Å². The largest absolute Gasteiger partial charge is 0.442 e. The Hall–Kier alpha value is -2.46. The summed E-state index contributed by atoms with van der Waals surface area (Å²) in [4.78, 5) is 43.3. The monoisotopic (exact) mass is 483 g/mol. The average molecular weight is 484 g/mol. The summed E-state index contributed by atoms with van der Waals surface area (Å²) in [6, 6.07) is 2.75. The second-order valence-corrected chi connectivity index (χ2v) is 9.70. The number of pyridine rings is 1. The van der Waals surface area contributed by atoms with Crippen LogP contribution in [0.3, 0.4) is 0 Å². The van der Waals surface area contributed by atoms with Gasteiger partial charge in [-0.15, -0.1) is 0 Å². The summed E-state index contributed by atoms with van der Waals surface area (Å²) in [6.45, 7) is 5.25. The van der Waals surface area contributed by atoms with Gasteiger partial charge in [-0.25, -0.2) is 14.8 Å². The number of hydrazine groups is 1. The standard InChI is InChI=1S/C21H30ClN5O4S/c1-21(2,3)31-20(30)27(15-8-6-7-13(11-15)19(29)26(4)5)25-18(32)17(28)24-16-10-9-14(22)12-23-16/h9-10,12-13,15H,6-8,11H2,1-5H3,(H,25,32)(H,23,24,28)/t13-,15?/m0/s1. The molecule has 0 saturated heterocycles. The van der Waals surface area contributed by atoms with E-state index in [4.69, 9.17) is 28.6 Å². The van der Waals surface area contributed by atoms with Crippen molar-refractivity contribution in [3.8, 4) is 0 Å². The van der Waals surface area contributed by atoms with Crippen LogP contribution in [0.2, 0.25) is 5.02 Å². The van der Waals surface area contributed by atoms with E-state index in [-0.39, 0.29) is 28.7 Å². The van der Waals surface area contributed by atoms with Crippen molar-refractivity contribution in [2.24, 2.45) is 5.92 Å². The van der Waals surface area contributed by atoms with Gasteiger partial charge < -0.3 is 15.0 Å². The number of ether oxygens (including phenoxy) is 1. The first-order valence-corrected chi connectivity index (χ1v) is 11.1. The number of halogens is 1. The molecular formula is C21H30ClN5O4S. The molecule has 11 heteroatoms. The molecule has 32 heavy (non-hydrogen) atoms. The molecule has 1 unspecified atom stereocenters. The van der Waals surface area contributed by atoms with Gasteiger partial charge >= 0.3 is 6.09 Å². The Kier molecular flexibility index (Phi) is 8.80. The molecule has 0 aromatic carbocycles. The lowest BCUT2D eigenvalue weighted by atomic mass is 9.84. The zero-order valence-electron chi connectivity index (χ0n) is 19.0. The molecule has 2 N–H and O–H groups in total. The Morgan fingerprint density at radius 3 is 2.47 bits per heavy atom. The highest BCUT2D eigenvalue weighted by atomic mass is 35.5. The van der Waals surface area contributed by atoms with Gasteiger partial charge in [-0.05, 0) is 52.2 Å². The number of hydrogen-bond donors (Lipinski definition) is 2. The fraction of sp³-hybridized carbons (Fsp3) is 0.571. The quantitative estimate of drug-likeness (QED) is 0.501. The maximum atomic E-state index is 12.9. The number of hydrogen-bond acceptors (Lipinski definition) is 6. The molecule has 9 nitrogen and oxygen atoms in total. The van der Waals surface area contributed by atoms with Crippen LogP contribution in [0.1, 0.15) is 46.5 Å². The number of carbonyl (C=O) groups is 3. The second-order valence-electron chi connectivity index (χ2n) is 8.86. The molecule has 1 saturated carbocycles. The summed E-state index contributed by atoms with van der Waals surface area (Å²) in [5.74, 6) is -0.592. The molecule has 0 aliphatic heterocycles. The molecule has 1 heterocycles. The molecule has 0 bridgehead atoms. The third-order valence-electron chi connectivity index (χ3n) is 4.79. The van der Waals surface area contributed by atoms with Crippen LogP contribution < -0.4 is 10.7 Å². The summed E-state index contributed by atoms with van der Waals surface area (Å²) in [7, 11) is 3.42. The minimum absolute atomic E-state index is 0.00738. The number of nitrogens with zero attached hydrogens (tertiary/aromatic N) is 3. The topological polar surface area (TPSA) is 104 Å². The molecule has 1 aliphatic carbocycles. The van der Waals surface area contributed by atoms with Gasteiger partial charge in [-0.2, -0.15) is 0 Å². The van der Waals surface area contributed by atoms with Crippen molar-refractivity contribution < 1.29 is 19.1 Å². The van der Waals surface area contributed by atoms with Gasteiger partial charge in [0.25, 0.3) is 5.91 Å². The van der Waals surface area contributed by atoms with Crippen LogP contribution in [0.15, 0.2) is 18.3 Å². The van der Waals surface area contributed by atoms with E-state index in [2.05, 4.69) is 15.7 Å². The maximum Gasteiger partial charge on any atom is 0.429 e. The van der Waals surface area contributed by atoms with E-state index in [9.17, 15) is 14.4 Å². The van der Waals surface area contributed by atoms with E-state index in [0.717, 1.165) is 12.8 Å². The predicted octanol–water partition coefficient (Wildman–Crippen LogP) is 3.39. The van der Waals surface area contributed by atoms with Crippen molar-refractivity contribution in [2.45, 2.75) is 58.1 Å². The lowest BCUT2D eigenvalue weighted by molar-refractivity contribution is -0.134. The number of anilines is 1. The summed E-state index contributed by atoms with van der Waals surface area (Å²) < 4.78 is 5.52. The molecule has 0 radical (unpaired) electrons. The Morgan fingerprint density at radius 1 is 1.22 bits per heavy atom. The number of amides is 3. The number of aromatic nitrogens is 1. The molecule has 0 spiro atoms. The summed E-state index contributed by atoms with van der Waals surface area (Å²) >= 11 is 11.0. The van der Waals surface area contributed by atoms with Gasteiger partial charge in [0, 0.05) is 26.2 Å². The Bertz CT molecular complexity index is 857. The summed E-state index contributed by atoms with van der Waals surface area (Å²) in [6.07, 6.45) is 3.30. The maximum absolute atomic E-state index is 12.9. The molecule has 1 aromatic rings. The zero-order valence-corrected chi connectivity index (χ0v) is 20.5. The fourth-order valence-corrected chi connectivity index (χ4v) is 3.63. The third kappa shape index (κ3) is 7.59. The highest BCUT2D eigenvalue weighted by Gasteiger charge is 2.36. The Labute approximate surface area is 198 Å². The molecule has 3 amide bonds. The van der Waals surface area contributed by atoms with Gasteiger partial charge in [-0.1, -0.05) is 30.2 Å². The van der Waals surface area contributed by atoms with E-state index in [1.165, 1.54) is 17.3 Å². The number of rotatable bonds is 3. The summed E-state index contributed by atoms with van der Waals surface area (Å²) in [5, 5.41) is 4.22. The highest BCUT2D eigenvalue weighted by molar-refractivity contribution is 7.82.